The van der Waals surface area contributed by atoms with Crippen molar-refractivity contribution in [3.05, 3.63) is 11.8 Å². The Balaban J connectivity index is 1.85. The summed E-state index contributed by atoms with van der Waals surface area (Å²) in [5, 5.41) is 0. The molecule has 0 unspecified atom stereocenters. The Hall–Kier alpha value is -0.460. The molecular weight excluding hydrogens is 170 g/mol. The van der Waals surface area contributed by atoms with Crippen molar-refractivity contribution >= 4 is 0 Å². The molecule has 2 aliphatic rings. The van der Waals surface area contributed by atoms with E-state index in [0.717, 1.165) is 0 Å². The Morgan fingerprint density at radius 1 is 0.714 bits per heavy atom. The van der Waals surface area contributed by atoms with Crippen molar-refractivity contribution in [2.75, 3.05) is 13.1 Å². The van der Waals surface area contributed by atoms with Crippen LogP contribution in [-0.2, 0) is 0 Å². The van der Waals surface area contributed by atoms with Crippen LogP contribution >= 0.6 is 0 Å². The van der Waals surface area contributed by atoms with Gasteiger partial charge in [0.2, 0.25) is 0 Å². The molecule has 0 spiro atoms. The van der Waals surface area contributed by atoms with E-state index < -0.39 is 0 Å². The molecule has 0 aromatic carbocycles. The molecule has 1 heteroatoms. The number of rotatable bonds is 1. The highest BCUT2D eigenvalue weighted by atomic mass is 15.1. The third kappa shape index (κ3) is 3.04. The Kier molecular flexibility index (Phi) is 3.90. The summed E-state index contributed by atoms with van der Waals surface area (Å²) in [4.78, 5) is 2.54. The van der Waals surface area contributed by atoms with E-state index >= 15 is 0 Å². The van der Waals surface area contributed by atoms with Crippen LogP contribution in [0.5, 0.6) is 0 Å². The first kappa shape index (κ1) is 10.1. The van der Waals surface area contributed by atoms with Crippen LogP contribution in [0.15, 0.2) is 11.8 Å². The maximum atomic E-state index is 2.54. The van der Waals surface area contributed by atoms with Crippen LogP contribution in [0, 0.1) is 0 Å². The third-order valence-corrected chi connectivity index (χ3v) is 3.50. The van der Waals surface area contributed by atoms with Gasteiger partial charge < -0.3 is 4.90 Å². The third-order valence-electron chi connectivity index (χ3n) is 3.50. The highest BCUT2D eigenvalue weighted by Gasteiger charge is 2.09. The van der Waals surface area contributed by atoms with E-state index in [1.165, 1.54) is 70.9 Å². The molecule has 0 N–H and O–H groups in total. The lowest BCUT2D eigenvalue weighted by molar-refractivity contribution is 0.454. The summed E-state index contributed by atoms with van der Waals surface area (Å²) >= 11 is 0. The van der Waals surface area contributed by atoms with E-state index in [9.17, 15) is 0 Å². The quantitative estimate of drug-likeness (QED) is 0.613. The largest absolute Gasteiger partial charge is 0.377 e. The summed E-state index contributed by atoms with van der Waals surface area (Å²) in [6, 6.07) is 0. The van der Waals surface area contributed by atoms with Gasteiger partial charge in [0, 0.05) is 13.1 Å². The lowest BCUT2D eigenvalue weighted by Gasteiger charge is -2.17. The SMILES string of the molecule is C(=C1CCCCCCC1)N1CCCC1. The predicted octanol–water partition coefficient (Wildman–Crippen LogP) is 3.71. The molecule has 1 aliphatic carbocycles. The van der Waals surface area contributed by atoms with Crippen molar-refractivity contribution in [1.29, 1.82) is 0 Å². The van der Waals surface area contributed by atoms with Gasteiger partial charge in [-0.1, -0.05) is 24.8 Å². The van der Waals surface area contributed by atoms with E-state index in [1.807, 2.05) is 0 Å². The highest BCUT2D eigenvalue weighted by Crippen LogP contribution is 2.22. The number of allylic oxidation sites excluding steroid dienone is 1. The minimum atomic E-state index is 1.31. The molecule has 1 saturated heterocycles. The molecule has 1 aliphatic heterocycles. The normalized spacial score (nSPS) is 24.6. The molecule has 80 valence electrons. The van der Waals surface area contributed by atoms with Gasteiger partial charge in [0.25, 0.3) is 0 Å². The van der Waals surface area contributed by atoms with Gasteiger partial charge in [0.1, 0.15) is 0 Å². The minimum Gasteiger partial charge on any atom is -0.377 e. The topological polar surface area (TPSA) is 3.24 Å². The fourth-order valence-electron chi connectivity index (χ4n) is 2.62. The zero-order valence-electron chi connectivity index (χ0n) is 9.30. The lowest BCUT2D eigenvalue weighted by atomic mass is 9.97. The summed E-state index contributed by atoms with van der Waals surface area (Å²) in [6.45, 7) is 2.62. The van der Waals surface area contributed by atoms with Crippen molar-refractivity contribution in [3.8, 4) is 0 Å². The molecule has 1 saturated carbocycles. The van der Waals surface area contributed by atoms with Crippen molar-refractivity contribution in [3.63, 3.8) is 0 Å². The van der Waals surface area contributed by atoms with E-state index in [0.29, 0.717) is 0 Å². The maximum Gasteiger partial charge on any atom is 0.0173 e. The average Bonchev–Trinajstić information content (AvgIpc) is 2.62. The Labute approximate surface area is 88.2 Å². The van der Waals surface area contributed by atoms with Crippen molar-refractivity contribution < 1.29 is 0 Å². The lowest BCUT2D eigenvalue weighted by Crippen LogP contribution is -2.12. The fraction of sp³-hybridized carbons (Fsp3) is 0.846. The minimum absolute atomic E-state index is 1.31. The van der Waals surface area contributed by atoms with Gasteiger partial charge in [0.15, 0.2) is 0 Å². The Morgan fingerprint density at radius 2 is 1.29 bits per heavy atom. The van der Waals surface area contributed by atoms with Crippen LogP contribution < -0.4 is 0 Å². The number of nitrogens with zero attached hydrogens (tertiary/aromatic N) is 1. The molecule has 0 atom stereocenters. The smallest absolute Gasteiger partial charge is 0.0173 e. The van der Waals surface area contributed by atoms with Crippen LogP contribution in [0.3, 0.4) is 0 Å². The fourth-order valence-corrected chi connectivity index (χ4v) is 2.62. The van der Waals surface area contributed by atoms with E-state index in [1.54, 1.807) is 5.57 Å². The van der Waals surface area contributed by atoms with Crippen LogP contribution in [0.2, 0.25) is 0 Å². The van der Waals surface area contributed by atoms with Gasteiger partial charge in [-0.15, -0.1) is 0 Å². The Bertz CT molecular complexity index is 179. The second-order valence-electron chi connectivity index (χ2n) is 4.80. The molecule has 1 nitrogen and oxygen atoms in total. The van der Waals surface area contributed by atoms with Crippen LogP contribution in [0.25, 0.3) is 0 Å². The summed E-state index contributed by atoms with van der Waals surface area (Å²) in [5.74, 6) is 0. The zero-order chi connectivity index (χ0) is 9.64. The molecule has 0 aromatic rings. The zero-order valence-corrected chi connectivity index (χ0v) is 9.30. The monoisotopic (exact) mass is 193 g/mol. The molecule has 0 amide bonds. The molecule has 14 heavy (non-hydrogen) atoms. The summed E-state index contributed by atoms with van der Waals surface area (Å²) in [5.41, 5.74) is 1.73. The van der Waals surface area contributed by atoms with Gasteiger partial charge in [-0.2, -0.15) is 0 Å². The summed E-state index contributed by atoms with van der Waals surface area (Å²) < 4.78 is 0. The van der Waals surface area contributed by atoms with Crippen molar-refractivity contribution in [2.45, 2.75) is 57.8 Å². The van der Waals surface area contributed by atoms with Gasteiger partial charge >= 0.3 is 0 Å². The van der Waals surface area contributed by atoms with Gasteiger partial charge in [-0.25, -0.2) is 0 Å². The summed E-state index contributed by atoms with van der Waals surface area (Å²) in [7, 11) is 0. The number of likely N-dealkylation sites (tertiary alicyclic amines) is 1. The van der Waals surface area contributed by atoms with Crippen molar-refractivity contribution in [2.24, 2.45) is 0 Å². The second kappa shape index (κ2) is 5.43. The molecule has 0 bridgehead atoms. The first-order valence-electron chi connectivity index (χ1n) is 6.39. The molecular formula is C13H23N. The standard InChI is InChI=1S/C13H23N/c1-2-4-8-13(9-5-3-1)12-14-10-6-7-11-14/h12H,1-11H2. The average molecular weight is 193 g/mol. The van der Waals surface area contributed by atoms with Crippen LogP contribution in [0.1, 0.15) is 57.8 Å². The van der Waals surface area contributed by atoms with Gasteiger partial charge in [-0.05, 0) is 44.7 Å². The predicted molar refractivity (Wildman–Crippen MR) is 61.2 cm³/mol. The van der Waals surface area contributed by atoms with Gasteiger partial charge in [0.05, 0.1) is 0 Å². The second-order valence-corrected chi connectivity index (χ2v) is 4.80. The highest BCUT2D eigenvalue weighted by molar-refractivity contribution is 5.03. The van der Waals surface area contributed by atoms with E-state index in [4.69, 9.17) is 0 Å². The number of hydrogen-bond donors (Lipinski definition) is 0. The molecule has 0 radical (unpaired) electrons. The first-order valence-corrected chi connectivity index (χ1v) is 6.39. The molecule has 2 fully saturated rings. The molecule has 1 heterocycles. The van der Waals surface area contributed by atoms with Crippen LogP contribution in [0.4, 0.5) is 0 Å². The van der Waals surface area contributed by atoms with E-state index in [-0.39, 0.29) is 0 Å². The van der Waals surface area contributed by atoms with Crippen LogP contribution in [-0.4, -0.2) is 18.0 Å². The van der Waals surface area contributed by atoms with Crippen molar-refractivity contribution in [1.82, 2.24) is 4.90 Å². The number of hydrogen-bond acceptors (Lipinski definition) is 1. The van der Waals surface area contributed by atoms with Gasteiger partial charge in [-0.3, -0.25) is 0 Å². The summed E-state index contributed by atoms with van der Waals surface area (Å²) in [6.07, 6.45) is 15.3. The maximum absolute atomic E-state index is 2.54. The Morgan fingerprint density at radius 3 is 1.93 bits per heavy atom. The molecule has 0 aromatic heterocycles. The molecule has 2 rings (SSSR count). The van der Waals surface area contributed by atoms with E-state index in [2.05, 4.69) is 11.1 Å². The first-order chi connectivity index (χ1) is 6.95.